The molecule has 0 amide bonds. The van der Waals surface area contributed by atoms with Crippen molar-refractivity contribution in [2.24, 2.45) is 4.99 Å². The zero-order valence-corrected chi connectivity index (χ0v) is 20.9. The second-order valence-corrected chi connectivity index (χ2v) is 8.17. The molecule has 1 aliphatic rings. The van der Waals surface area contributed by atoms with Gasteiger partial charge in [0.2, 0.25) is 0 Å². The van der Waals surface area contributed by atoms with Gasteiger partial charge in [-0.2, -0.15) is 11.8 Å². The molecule has 1 aliphatic heterocycles. The molecule has 0 aliphatic carbocycles. The molecule has 0 aromatic heterocycles. The highest BCUT2D eigenvalue weighted by molar-refractivity contribution is 14.0. The van der Waals surface area contributed by atoms with Crippen LogP contribution in [0.4, 0.5) is 0 Å². The molecule has 5 nitrogen and oxygen atoms in total. The first-order chi connectivity index (χ1) is 12.7. The van der Waals surface area contributed by atoms with E-state index < -0.39 is 0 Å². The second-order valence-electron chi connectivity index (χ2n) is 6.03. The number of piperidine rings is 1. The van der Waals surface area contributed by atoms with Crippen LogP contribution in [-0.4, -0.2) is 68.4 Å². The number of ether oxygens (including phenoxy) is 2. The molecule has 154 valence electrons. The molecule has 0 spiro atoms. The molecule has 0 saturated carbocycles. The lowest BCUT2D eigenvalue weighted by Gasteiger charge is -2.34. The van der Waals surface area contributed by atoms with Crippen LogP contribution < -0.4 is 10.1 Å². The molecular formula is C19H31BrIN3O2S. The molecule has 8 heteroatoms. The van der Waals surface area contributed by atoms with Gasteiger partial charge in [-0.3, -0.25) is 4.99 Å². The SMILES string of the molecule is CCOC1CCN(C(=NC)NCCSCCOc2cccc(Br)c2)CC1.I. The van der Waals surface area contributed by atoms with Gasteiger partial charge >= 0.3 is 0 Å². The van der Waals surface area contributed by atoms with Gasteiger partial charge in [0.1, 0.15) is 5.75 Å². The van der Waals surface area contributed by atoms with Gasteiger partial charge in [-0.15, -0.1) is 24.0 Å². The predicted molar refractivity (Wildman–Crippen MR) is 130 cm³/mol. The topological polar surface area (TPSA) is 46.1 Å². The van der Waals surface area contributed by atoms with E-state index in [0.29, 0.717) is 6.10 Å². The van der Waals surface area contributed by atoms with E-state index >= 15 is 0 Å². The lowest BCUT2D eigenvalue weighted by Crippen LogP contribution is -2.47. The molecule has 27 heavy (non-hydrogen) atoms. The smallest absolute Gasteiger partial charge is 0.193 e. The van der Waals surface area contributed by atoms with E-state index in [9.17, 15) is 0 Å². The summed E-state index contributed by atoms with van der Waals surface area (Å²) in [5, 5.41) is 3.47. The number of aliphatic imine (C=N–C) groups is 1. The van der Waals surface area contributed by atoms with Crippen LogP contribution in [0.5, 0.6) is 5.75 Å². The van der Waals surface area contributed by atoms with Crippen LogP contribution in [0.15, 0.2) is 33.7 Å². The third kappa shape index (κ3) is 9.71. The van der Waals surface area contributed by atoms with Crippen LogP contribution in [0.3, 0.4) is 0 Å². The molecule has 1 saturated heterocycles. The third-order valence-electron chi connectivity index (χ3n) is 4.18. The summed E-state index contributed by atoms with van der Waals surface area (Å²) in [7, 11) is 1.86. The maximum atomic E-state index is 5.75. The van der Waals surface area contributed by atoms with Crippen LogP contribution in [-0.2, 0) is 4.74 Å². The molecule has 0 bridgehead atoms. The monoisotopic (exact) mass is 571 g/mol. The number of nitrogens with zero attached hydrogens (tertiary/aromatic N) is 2. The molecule has 0 unspecified atom stereocenters. The van der Waals surface area contributed by atoms with Crippen molar-refractivity contribution in [2.45, 2.75) is 25.9 Å². The van der Waals surface area contributed by atoms with Crippen LogP contribution >= 0.6 is 51.7 Å². The van der Waals surface area contributed by atoms with Gasteiger partial charge in [-0.1, -0.05) is 22.0 Å². The van der Waals surface area contributed by atoms with E-state index in [-0.39, 0.29) is 24.0 Å². The predicted octanol–water partition coefficient (Wildman–Crippen LogP) is 4.26. The van der Waals surface area contributed by atoms with Gasteiger partial charge in [0.25, 0.3) is 0 Å². The van der Waals surface area contributed by atoms with Gasteiger partial charge in [-0.05, 0) is 38.0 Å². The van der Waals surface area contributed by atoms with E-state index in [4.69, 9.17) is 9.47 Å². The van der Waals surface area contributed by atoms with E-state index in [1.165, 1.54) is 0 Å². The van der Waals surface area contributed by atoms with Gasteiger partial charge in [0.15, 0.2) is 5.96 Å². The van der Waals surface area contributed by atoms with Gasteiger partial charge in [-0.25, -0.2) is 0 Å². The van der Waals surface area contributed by atoms with E-state index in [0.717, 1.165) is 73.4 Å². The Hall–Kier alpha value is -0.190. The molecule has 2 rings (SSSR count). The van der Waals surface area contributed by atoms with E-state index in [1.54, 1.807) is 0 Å². The Morgan fingerprint density at radius 1 is 1.33 bits per heavy atom. The number of thioether (sulfide) groups is 1. The number of likely N-dealkylation sites (tertiary alicyclic amines) is 1. The zero-order chi connectivity index (χ0) is 18.6. The highest BCUT2D eigenvalue weighted by atomic mass is 127. The maximum absolute atomic E-state index is 5.75. The summed E-state index contributed by atoms with van der Waals surface area (Å²) in [6.07, 6.45) is 2.57. The highest BCUT2D eigenvalue weighted by Gasteiger charge is 2.21. The number of rotatable bonds is 9. The Balaban J connectivity index is 0.00000364. The standard InChI is InChI=1S/C19H30BrN3O2S.HI/c1-3-24-17-7-10-23(11-8-17)19(21-2)22-9-13-26-14-12-25-18-6-4-5-16(20)15-18;/h4-6,15,17H,3,7-14H2,1-2H3,(H,21,22);1H. The first-order valence-electron chi connectivity index (χ1n) is 9.26. The number of nitrogens with one attached hydrogen (secondary N) is 1. The van der Waals surface area contributed by atoms with Crippen LogP contribution in [0.25, 0.3) is 0 Å². The summed E-state index contributed by atoms with van der Waals surface area (Å²) in [5.74, 6) is 3.93. The Kier molecular flexibility index (Phi) is 13.6. The van der Waals surface area contributed by atoms with E-state index in [1.807, 2.05) is 43.1 Å². The number of halogens is 2. The molecule has 1 aromatic carbocycles. The van der Waals surface area contributed by atoms with Crippen LogP contribution in [0.2, 0.25) is 0 Å². The number of hydrogen-bond donors (Lipinski definition) is 1. The third-order valence-corrected chi connectivity index (χ3v) is 5.62. The normalized spacial score (nSPS) is 15.4. The number of benzene rings is 1. The van der Waals surface area contributed by atoms with Crippen molar-refractivity contribution in [3.63, 3.8) is 0 Å². The Labute approximate surface area is 193 Å². The molecule has 1 fully saturated rings. The molecule has 1 aromatic rings. The Bertz CT molecular complexity index is 558. The first-order valence-corrected chi connectivity index (χ1v) is 11.2. The zero-order valence-electron chi connectivity index (χ0n) is 16.2. The summed E-state index contributed by atoms with van der Waals surface area (Å²) in [5.41, 5.74) is 0. The molecule has 1 heterocycles. The minimum atomic E-state index is 0. The quantitative estimate of drug-likeness (QED) is 0.208. The van der Waals surface area contributed by atoms with Gasteiger partial charge in [0.05, 0.1) is 12.7 Å². The summed E-state index contributed by atoms with van der Waals surface area (Å²) in [6.45, 7) is 6.53. The largest absolute Gasteiger partial charge is 0.493 e. The van der Waals surface area contributed by atoms with Crippen molar-refractivity contribution in [2.75, 3.05) is 51.4 Å². The molecule has 1 N–H and O–H groups in total. The van der Waals surface area contributed by atoms with Crippen LogP contribution in [0, 0.1) is 0 Å². The fourth-order valence-electron chi connectivity index (χ4n) is 2.91. The molecule has 0 atom stereocenters. The Morgan fingerprint density at radius 2 is 2.11 bits per heavy atom. The number of guanidine groups is 1. The lowest BCUT2D eigenvalue weighted by molar-refractivity contribution is 0.0264. The summed E-state index contributed by atoms with van der Waals surface area (Å²) >= 11 is 5.34. The van der Waals surface area contributed by atoms with Crippen molar-refractivity contribution in [1.29, 1.82) is 0 Å². The van der Waals surface area contributed by atoms with Gasteiger partial charge in [0, 0.05) is 49.3 Å². The first kappa shape index (κ1) is 24.8. The van der Waals surface area contributed by atoms with Crippen molar-refractivity contribution in [3.05, 3.63) is 28.7 Å². The van der Waals surface area contributed by atoms with Crippen LogP contribution in [0.1, 0.15) is 19.8 Å². The van der Waals surface area contributed by atoms with E-state index in [2.05, 4.69) is 38.1 Å². The van der Waals surface area contributed by atoms with Crippen molar-refractivity contribution >= 4 is 57.6 Å². The average Bonchev–Trinajstić information content (AvgIpc) is 2.65. The number of hydrogen-bond acceptors (Lipinski definition) is 4. The minimum Gasteiger partial charge on any atom is -0.493 e. The average molecular weight is 572 g/mol. The fraction of sp³-hybridized carbons (Fsp3) is 0.632. The highest BCUT2D eigenvalue weighted by Crippen LogP contribution is 2.18. The maximum Gasteiger partial charge on any atom is 0.193 e. The minimum absolute atomic E-state index is 0. The van der Waals surface area contributed by atoms with Crippen molar-refractivity contribution in [3.8, 4) is 5.75 Å². The summed E-state index contributed by atoms with van der Waals surface area (Å²) < 4.78 is 12.5. The molecular weight excluding hydrogens is 541 g/mol. The molecule has 0 radical (unpaired) electrons. The fourth-order valence-corrected chi connectivity index (χ4v) is 3.94. The van der Waals surface area contributed by atoms with Crippen molar-refractivity contribution < 1.29 is 9.47 Å². The lowest BCUT2D eigenvalue weighted by atomic mass is 10.1. The van der Waals surface area contributed by atoms with Crippen molar-refractivity contribution in [1.82, 2.24) is 10.2 Å². The summed E-state index contributed by atoms with van der Waals surface area (Å²) in [6, 6.07) is 7.96. The second kappa shape index (κ2) is 14.8. The van der Waals surface area contributed by atoms with Gasteiger partial charge < -0.3 is 19.7 Å². The Morgan fingerprint density at radius 3 is 2.78 bits per heavy atom. The summed E-state index contributed by atoms with van der Waals surface area (Å²) in [4.78, 5) is 6.75.